The highest BCUT2D eigenvalue weighted by Crippen LogP contribution is 2.40. The van der Waals surface area contributed by atoms with Gasteiger partial charge in [0.2, 0.25) is 0 Å². The van der Waals surface area contributed by atoms with Gasteiger partial charge in [-0.3, -0.25) is 0 Å². The molecule has 0 bridgehead atoms. The molecule has 0 atom stereocenters. The fourth-order valence-corrected chi connectivity index (χ4v) is 6.38. The van der Waals surface area contributed by atoms with Crippen LogP contribution in [0.25, 0.3) is 61.7 Å². The highest BCUT2D eigenvalue weighted by Gasteiger charge is 2.23. The van der Waals surface area contributed by atoms with Gasteiger partial charge in [0, 0.05) is 27.5 Å². The zero-order valence-corrected chi connectivity index (χ0v) is 25.5. The number of rotatable bonds is 4. The summed E-state index contributed by atoms with van der Waals surface area (Å²) in [4.78, 5) is 15.1. The van der Waals surface area contributed by atoms with E-state index in [9.17, 15) is 0 Å². The Morgan fingerprint density at radius 2 is 0.860 bits per heavy atom. The summed E-state index contributed by atoms with van der Waals surface area (Å²) in [5.74, 6) is 2.06. The summed E-state index contributed by atoms with van der Waals surface area (Å²) >= 11 is 0. The van der Waals surface area contributed by atoms with Crippen molar-refractivity contribution < 1.29 is 0 Å². The molecule has 0 amide bonds. The number of hydrogen-bond donors (Lipinski definition) is 0. The lowest BCUT2D eigenvalue weighted by atomic mass is 9.91. The van der Waals surface area contributed by atoms with E-state index in [-0.39, 0.29) is 0 Å². The van der Waals surface area contributed by atoms with Crippen molar-refractivity contribution in [3.63, 3.8) is 0 Å². The molecule has 0 fully saturated rings. The van der Waals surface area contributed by atoms with Crippen LogP contribution in [0.2, 0.25) is 0 Å². The molecule has 7 aromatic rings. The second-order valence-corrected chi connectivity index (χ2v) is 11.6. The summed E-state index contributed by atoms with van der Waals surface area (Å²) in [7, 11) is 0. The summed E-state index contributed by atoms with van der Waals surface area (Å²) < 4.78 is 2.45. The van der Waals surface area contributed by atoms with Gasteiger partial charge in [-0.1, -0.05) is 83.9 Å². The van der Waals surface area contributed by atoms with Crippen LogP contribution in [0.1, 0.15) is 33.4 Å². The SMILES string of the molecule is Cc1ccc2c(c1)c1cc(C)ccc1n2-c1c(C)c(C)c(-c2nc(-c3ccccc3)nc(-c3ccccc3)n2)c(C)c1C. The van der Waals surface area contributed by atoms with Crippen molar-refractivity contribution in [1.29, 1.82) is 0 Å². The molecule has 0 unspecified atom stereocenters. The third kappa shape index (κ3) is 4.42. The van der Waals surface area contributed by atoms with Crippen LogP contribution < -0.4 is 0 Å². The molecule has 4 heteroatoms. The lowest BCUT2D eigenvalue weighted by Crippen LogP contribution is -2.08. The highest BCUT2D eigenvalue weighted by atomic mass is 15.0. The second kappa shape index (κ2) is 10.3. The number of fused-ring (bicyclic) bond motifs is 3. The molecular formula is C39H34N4. The fraction of sp³-hybridized carbons (Fsp3) is 0.154. The van der Waals surface area contributed by atoms with Crippen molar-refractivity contribution in [2.24, 2.45) is 0 Å². The second-order valence-electron chi connectivity index (χ2n) is 11.6. The first-order valence-electron chi connectivity index (χ1n) is 14.8. The average Bonchev–Trinajstić information content (AvgIpc) is 3.33. The van der Waals surface area contributed by atoms with Gasteiger partial charge in [0.05, 0.1) is 16.7 Å². The molecule has 5 aromatic carbocycles. The van der Waals surface area contributed by atoms with Crippen molar-refractivity contribution in [2.45, 2.75) is 41.5 Å². The molecule has 0 saturated heterocycles. The first kappa shape index (κ1) is 26.8. The minimum Gasteiger partial charge on any atom is -0.309 e. The third-order valence-corrected chi connectivity index (χ3v) is 8.81. The summed E-state index contributed by atoms with van der Waals surface area (Å²) in [5.41, 5.74) is 14.0. The van der Waals surface area contributed by atoms with Crippen LogP contribution in [0.3, 0.4) is 0 Å². The van der Waals surface area contributed by atoms with Gasteiger partial charge in [-0.05, 0) is 88.1 Å². The molecule has 0 radical (unpaired) electrons. The Morgan fingerprint density at radius 3 is 1.30 bits per heavy atom. The molecule has 2 aromatic heterocycles. The third-order valence-electron chi connectivity index (χ3n) is 8.81. The maximum absolute atomic E-state index is 5.09. The molecule has 7 rings (SSSR count). The lowest BCUT2D eigenvalue weighted by Gasteiger charge is -2.22. The molecular weight excluding hydrogens is 524 g/mol. The van der Waals surface area contributed by atoms with Crippen LogP contribution >= 0.6 is 0 Å². The van der Waals surface area contributed by atoms with E-state index < -0.39 is 0 Å². The molecule has 0 spiro atoms. The zero-order valence-electron chi connectivity index (χ0n) is 25.5. The van der Waals surface area contributed by atoms with Crippen molar-refractivity contribution in [1.82, 2.24) is 19.5 Å². The van der Waals surface area contributed by atoms with Crippen LogP contribution in [0.5, 0.6) is 0 Å². The van der Waals surface area contributed by atoms with Crippen molar-refractivity contribution in [3.05, 3.63) is 130 Å². The topological polar surface area (TPSA) is 43.6 Å². The van der Waals surface area contributed by atoms with Crippen LogP contribution in [0, 0.1) is 41.5 Å². The van der Waals surface area contributed by atoms with Crippen LogP contribution in [0.15, 0.2) is 97.1 Å². The standard InChI is InChI=1S/C39H34N4/c1-23-17-19-33-31(21-23)32-22-24(2)18-20-34(32)43(33)36-27(5)25(3)35(26(4)28(36)6)39-41-37(29-13-9-7-10-14-29)40-38(42-39)30-15-11-8-12-16-30/h7-22H,1-6H3. The van der Waals surface area contributed by atoms with E-state index in [1.807, 2.05) is 36.4 Å². The minimum atomic E-state index is 0.677. The van der Waals surface area contributed by atoms with E-state index in [4.69, 9.17) is 15.0 Å². The maximum Gasteiger partial charge on any atom is 0.164 e. The zero-order chi connectivity index (χ0) is 29.8. The molecule has 0 N–H and O–H groups in total. The molecule has 0 saturated carbocycles. The number of aryl methyl sites for hydroxylation is 2. The van der Waals surface area contributed by atoms with Gasteiger partial charge in [-0.2, -0.15) is 0 Å². The first-order chi connectivity index (χ1) is 20.8. The molecule has 0 aliphatic carbocycles. The predicted octanol–water partition coefficient (Wildman–Crippen LogP) is 9.82. The number of hydrogen-bond acceptors (Lipinski definition) is 3. The summed E-state index contributed by atoms with van der Waals surface area (Å²) in [6.07, 6.45) is 0. The molecule has 210 valence electrons. The van der Waals surface area contributed by atoms with Gasteiger partial charge in [0.1, 0.15) is 0 Å². The van der Waals surface area contributed by atoms with E-state index in [2.05, 4.69) is 107 Å². The minimum absolute atomic E-state index is 0.677. The average molecular weight is 559 g/mol. The van der Waals surface area contributed by atoms with E-state index in [0.29, 0.717) is 17.5 Å². The lowest BCUT2D eigenvalue weighted by molar-refractivity contribution is 1.05. The quantitative estimate of drug-likeness (QED) is 0.216. The first-order valence-corrected chi connectivity index (χ1v) is 14.8. The van der Waals surface area contributed by atoms with Crippen LogP contribution in [-0.2, 0) is 0 Å². The van der Waals surface area contributed by atoms with Gasteiger partial charge in [0.15, 0.2) is 17.5 Å². The normalized spacial score (nSPS) is 11.5. The van der Waals surface area contributed by atoms with E-state index in [1.165, 1.54) is 60.9 Å². The van der Waals surface area contributed by atoms with Crippen molar-refractivity contribution in [2.75, 3.05) is 0 Å². The Kier molecular flexibility index (Phi) is 6.43. The number of nitrogens with zero attached hydrogens (tertiary/aromatic N) is 4. The Bertz CT molecular complexity index is 2030. The van der Waals surface area contributed by atoms with Gasteiger partial charge in [-0.25, -0.2) is 15.0 Å². The Labute approximate surface area is 252 Å². The molecule has 4 nitrogen and oxygen atoms in total. The predicted molar refractivity (Wildman–Crippen MR) is 179 cm³/mol. The summed E-state index contributed by atoms with van der Waals surface area (Å²) in [5, 5.41) is 2.57. The molecule has 2 heterocycles. The Balaban J connectivity index is 1.51. The van der Waals surface area contributed by atoms with E-state index in [0.717, 1.165) is 16.7 Å². The van der Waals surface area contributed by atoms with E-state index >= 15 is 0 Å². The molecule has 0 aliphatic heterocycles. The Morgan fingerprint density at radius 1 is 0.442 bits per heavy atom. The van der Waals surface area contributed by atoms with Crippen LogP contribution in [-0.4, -0.2) is 19.5 Å². The van der Waals surface area contributed by atoms with Crippen molar-refractivity contribution >= 4 is 21.8 Å². The maximum atomic E-state index is 5.09. The number of benzene rings is 5. The fourth-order valence-electron chi connectivity index (χ4n) is 6.38. The summed E-state index contributed by atoms with van der Waals surface area (Å²) in [6.45, 7) is 13.2. The number of aromatic nitrogens is 4. The monoisotopic (exact) mass is 558 g/mol. The van der Waals surface area contributed by atoms with Gasteiger partial charge >= 0.3 is 0 Å². The van der Waals surface area contributed by atoms with Crippen LogP contribution in [0.4, 0.5) is 0 Å². The smallest absolute Gasteiger partial charge is 0.164 e. The molecule has 0 aliphatic rings. The van der Waals surface area contributed by atoms with Crippen molar-refractivity contribution in [3.8, 4) is 39.9 Å². The summed E-state index contributed by atoms with van der Waals surface area (Å²) in [6, 6.07) is 33.9. The molecule has 43 heavy (non-hydrogen) atoms. The Hall–Kier alpha value is -5.09. The highest BCUT2D eigenvalue weighted by molar-refractivity contribution is 6.10. The largest absolute Gasteiger partial charge is 0.309 e. The van der Waals surface area contributed by atoms with Gasteiger partial charge in [-0.15, -0.1) is 0 Å². The van der Waals surface area contributed by atoms with Gasteiger partial charge in [0.25, 0.3) is 0 Å². The van der Waals surface area contributed by atoms with E-state index in [1.54, 1.807) is 0 Å². The van der Waals surface area contributed by atoms with Gasteiger partial charge < -0.3 is 4.57 Å².